The van der Waals surface area contributed by atoms with Crippen molar-refractivity contribution in [2.75, 3.05) is 20.2 Å². The van der Waals surface area contributed by atoms with E-state index in [2.05, 4.69) is 18.2 Å². The first-order valence-corrected chi connectivity index (χ1v) is 9.38. The van der Waals surface area contributed by atoms with Crippen LogP contribution in [0.2, 0.25) is 0 Å². The third-order valence-corrected chi connectivity index (χ3v) is 5.62. The normalized spacial score (nSPS) is 21.4. The van der Waals surface area contributed by atoms with Crippen LogP contribution in [0, 0.1) is 0 Å². The quantitative estimate of drug-likeness (QED) is 0.749. The summed E-state index contributed by atoms with van der Waals surface area (Å²) in [4.78, 5) is 26.0. The Hall–Kier alpha value is -2.04. The first-order chi connectivity index (χ1) is 12.2. The van der Waals surface area contributed by atoms with Crippen molar-refractivity contribution in [2.24, 2.45) is 0 Å². The number of hydrogen-bond donors (Lipinski definition) is 0. The van der Waals surface area contributed by atoms with Gasteiger partial charge in [-0.05, 0) is 62.5 Å². The highest BCUT2D eigenvalue weighted by Crippen LogP contribution is 2.52. The highest BCUT2D eigenvalue weighted by molar-refractivity contribution is 5.71. The highest BCUT2D eigenvalue weighted by Gasteiger charge is 2.46. The average Bonchev–Trinajstić information content (AvgIpc) is 2.88. The Morgan fingerprint density at radius 2 is 1.85 bits per heavy atom. The molecule has 1 heterocycles. The van der Waals surface area contributed by atoms with Gasteiger partial charge in [0.05, 0.1) is 13.5 Å². The molecule has 1 saturated heterocycles. The number of amides is 1. The molecule has 0 N–H and O–H groups in total. The Kier molecular flexibility index (Phi) is 5.00. The van der Waals surface area contributed by atoms with Gasteiger partial charge in [0.1, 0.15) is 5.60 Å². The largest absolute Gasteiger partial charge is 0.469 e. The van der Waals surface area contributed by atoms with Crippen molar-refractivity contribution < 1.29 is 19.1 Å². The maximum absolute atomic E-state index is 12.4. The molecule has 5 heteroatoms. The summed E-state index contributed by atoms with van der Waals surface area (Å²) in [7, 11) is 1.44. The number of likely N-dealkylation sites (tertiary alicyclic amines) is 1. The number of methoxy groups -OCH3 is 1. The molecule has 1 fully saturated rings. The zero-order valence-corrected chi connectivity index (χ0v) is 16.2. The van der Waals surface area contributed by atoms with Crippen LogP contribution < -0.4 is 0 Å². The van der Waals surface area contributed by atoms with Gasteiger partial charge in [-0.1, -0.05) is 24.3 Å². The lowest BCUT2D eigenvalue weighted by molar-refractivity contribution is -0.141. The van der Waals surface area contributed by atoms with Crippen LogP contribution in [-0.4, -0.2) is 42.8 Å². The zero-order valence-electron chi connectivity index (χ0n) is 16.2. The molecular weight excluding hydrogens is 330 g/mol. The molecule has 0 bridgehead atoms. The first kappa shape index (κ1) is 18.7. The lowest BCUT2D eigenvalue weighted by Gasteiger charge is -2.40. The molecule has 3 rings (SSSR count). The molecule has 5 nitrogen and oxygen atoms in total. The van der Waals surface area contributed by atoms with Crippen molar-refractivity contribution in [3.05, 3.63) is 35.4 Å². The molecule has 142 valence electrons. The molecule has 1 aliphatic carbocycles. The van der Waals surface area contributed by atoms with Gasteiger partial charge in [-0.3, -0.25) is 4.79 Å². The second-order valence-corrected chi connectivity index (χ2v) is 8.52. The SMILES string of the molecule is COC(=O)C[C@@H]1CC2(CCN(C(=O)OC(C)(C)C)CC2)c2ccccc21. The van der Waals surface area contributed by atoms with E-state index in [9.17, 15) is 9.59 Å². The molecule has 2 aliphatic rings. The summed E-state index contributed by atoms with van der Waals surface area (Å²) < 4.78 is 10.4. The molecule has 0 saturated carbocycles. The number of rotatable bonds is 2. The zero-order chi connectivity index (χ0) is 18.9. The second kappa shape index (κ2) is 6.93. The minimum absolute atomic E-state index is 0.0494. The van der Waals surface area contributed by atoms with Crippen molar-refractivity contribution in [3.8, 4) is 0 Å². The van der Waals surface area contributed by atoms with Gasteiger partial charge in [-0.25, -0.2) is 4.79 Å². The van der Waals surface area contributed by atoms with E-state index in [1.54, 1.807) is 0 Å². The second-order valence-electron chi connectivity index (χ2n) is 8.52. The Balaban J connectivity index is 1.74. The number of esters is 1. The lowest BCUT2D eigenvalue weighted by atomic mass is 9.73. The highest BCUT2D eigenvalue weighted by atomic mass is 16.6. The summed E-state index contributed by atoms with van der Waals surface area (Å²) in [6.07, 6.45) is 2.95. The minimum atomic E-state index is -0.474. The Morgan fingerprint density at radius 3 is 2.46 bits per heavy atom. The molecule has 26 heavy (non-hydrogen) atoms. The molecule has 1 amide bonds. The fourth-order valence-electron chi connectivity index (χ4n) is 4.41. The maximum atomic E-state index is 12.4. The van der Waals surface area contributed by atoms with Crippen LogP contribution in [0.1, 0.15) is 63.5 Å². The molecule has 1 aromatic carbocycles. The number of fused-ring (bicyclic) bond motifs is 2. The Labute approximate surface area is 155 Å². The van der Waals surface area contributed by atoms with Gasteiger partial charge in [0, 0.05) is 13.1 Å². The van der Waals surface area contributed by atoms with Gasteiger partial charge in [0.15, 0.2) is 0 Å². The average molecular weight is 359 g/mol. The number of carbonyl (C=O) groups is 2. The topological polar surface area (TPSA) is 55.8 Å². The van der Waals surface area contributed by atoms with Gasteiger partial charge in [0.2, 0.25) is 0 Å². The molecule has 0 unspecified atom stereocenters. The molecule has 1 spiro atoms. The summed E-state index contributed by atoms with van der Waals surface area (Å²) in [5, 5.41) is 0. The Morgan fingerprint density at radius 1 is 1.19 bits per heavy atom. The summed E-state index contributed by atoms with van der Waals surface area (Å²) >= 11 is 0. The van der Waals surface area contributed by atoms with E-state index in [1.807, 2.05) is 31.7 Å². The predicted octanol–water partition coefficient (Wildman–Crippen LogP) is 4.01. The van der Waals surface area contributed by atoms with Crippen LogP contribution in [0.25, 0.3) is 0 Å². The summed E-state index contributed by atoms with van der Waals surface area (Å²) in [5.41, 5.74) is 2.19. The van der Waals surface area contributed by atoms with Crippen LogP contribution in [0.5, 0.6) is 0 Å². The van der Waals surface area contributed by atoms with E-state index in [0.717, 1.165) is 19.3 Å². The minimum Gasteiger partial charge on any atom is -0.469 e. The first-order valence-electron chi connectivity index (χ1n) is 9.38. The van der Waals surface area contributed by atoms with Crippen LogP contribution in [0.3, 0.4) is 0 Å². The van der Waals surface area contributed by atoms with Gasteiger partial charge in [-0.2, -0.15) is 0 Å². The number of nitrogens with zero attached hydrogens (tertiary/aromatic N) is 1. The number of ether oxygens (including phenoxy) is 2. The van der Waals surface area contributed by atoms with E-state index in [1.165, 1.54) is 18.2 Å². The third-order valence-electron chi connectivity index (χ3n) is 5.62. The van der Waals surface area contributed by atoms with Crippen LogP contribution in [0.4, 0.5) is 4.79 Å². The van der Waals surface area contributed by atoms with Crippen molar-refractivity contribution in [1.29, 1.82) is 0 Å². The van der Waals surface area contributed by atoms with Crippen molar-refractivity contribution >= 4 is 12.1 Å². The number of benzene rings is 1. The summed E-state index contributed by atoms with van der Waals surface area (Å²) in [5.74, 6) is 0.0415. The smallest absolute Gasteiger partial charge is 0.410 e. The summed E-state index contributed by atoms with van der Waals surface area (Å²) in [6.45, 7) is 7.05. The number of carbonyl (C=O) groups excluding carboxylic acids is 2. The van der Waals surface area contributed by atoms with Gasteiger partial charge in [0.25, 0.3) is 0 Å². The van der Waals surface area contributed by atoms with E-state index in [0.29, 0.717) is 19.5 Å². The molecular formula is C21H29NO4. The van der Waals surface area contributed by atoms with Gasteiger partial charge < -0.3 is 14.4 Å². The molecule has 0 aromatic heterocycles. The van der Waals surface area contributed by atoms with E-state index < -0.39 is 5.60 Å². The third kappa shape index (κ3) is 3.71. The molecule has 1 atom stereocenters. The standard InChI is InChI=1S/C21H29NO4/c1-20(2,3)26-19(24)22-11-9-21(10-12-22)14-15(13-18(23)25-4)16-7-5-6-8-17(16)21/h5-8,15H,9-14H2,1-4H3/t15-/m1/s1. The lowest BCUT2D eigenvalue weighted by Crippen LogP contribution is -2.46. The summed E-state index contributed by atoms with van der Waals surface area (Å²) in [6, 6.07) is 8.44. The monoisotopic (exact) mass is 359 g/mol. The van der Waals surface area contributed by atoms with Crippen molar-refractivity contribution in [2.45, 2.75) is 63.4 Å². The predicted molar refractivity (Wildman–Crippen MR) is 99.2 cm³/mol. The molecule has 1 aromatic rings. The number of hydrogen-bond acceptors (Lipinski definition) is 4. The van der Waals surface area contributed by atoms with Gasteiger partial charge in [-0.15, -0.1) is 0 Å². The van der Waals surface area contributed by atoms with E-state index in [4.69, 9.17) is 9.47 Å². The van der Waals surface area contributed by atoms with Crippen LogP contribution in [-0.2, 0) is 19.7 Å². The van der Waals surface area contributed by atoms with Crippen molar-refractivity contribution in [1.82, 2.24) is 4.90 Å². The molecule has 1 aliphatic heterocycles. The van der Waals surface area contributed by atoms with E-state index >= 15 is 0 Å². The number of piperidine rings is 1. The fourth-order valence-corrected chi connectivity index (χ4v) is 4.41. The maximum Gasteiger partial charge on any atom is 0.410 e. The van der Waals surface area contributed by atoms with Gasteiger partial charge >= 0.3 is 12.1 Å². The molecule has 0 radical (unpaired) electrons. The van der Waals surface area contributed by atoms with Crippen LogP contribution >= 0.6 is 0 Å². The fraction of sp³-hybridized carbons (Fsp3) is 0.619. The Bertz CT molecular complexity index is 683. The van der Waals surface area contributed by atoms with Crippen LogP contribution in [0.15, 0.2) is 24.3 Å². The van der Waals surface area contributed by atoms with Crippen molar-refractivity contribution in [3.63, 3.8) is 0 Å². The van der Waals surface area contributed by atoms with E-state index in [-0.39, 0.29) is 23.4 Å².